The lowest BCUT2D eigenvalue weighted by atomic mass is 10.0. The Morgan fingerprint density at radius 1 is 0.739 bits per heavy atom. The molecular formula is C19H36Cl2O2. The van der Waals surface area contributed by atoms with Gasteiger partial charge in [0.2, 0.25) is 4.33 Å². The Kier molecular flexibility index (Phi) is 15.6. The third-order valence-electron chi connectivity index (χ3n) is 4.33. The Hall–Kier alpha value is 0.0500. The van der Waals surface area contributed by atoms with E-state index in [9.17, 15) is 4.79 Å². The van der Waals surface area contributed by atoms with E-state index in [-0.39, 0.29) is 0 Å². The van der Waals surface area contributed by atoms with Gasteiger partial charge in [0.1, 0.15) is 0 Å². The van der Waals surface area contributed by atoms with E-state index < -0.39 is 10.3 Å². The maximum atomic E-state index is 11.3. The zero-order valence-corrected chi connectivity index (χ0v) is 16.7. The predicted molar refractivity (Wildman–Crippen MR) is 101 cm³/mol. The lowest BCUT2D eigenvalue weighted by molar-refractivity contribution is -0.141. The van der Waals surface area contributed by atoms with Crippen molar-refractivity contribution in [3.8, 4) is 0 Å². The second kappa shape index (κ2) is 15.6. The van der Waals surface area contributed by atoms with Crippen molar-refractivity contribution in [2.24, 2.45) is 0 Å². The monoisotopic (exact) mass is 366 g/mol. The molecule has 4 heteroatoms. The summed E-state index contributed by atoms with van der Waals surface area (Å²) in [6.45, 7) is 2.26. The van der Waals surface area contributed by atoms with Crippen LogP contribution in [-0.2, 0) is 9.53 Å². The average molecular weight is 367 g/mol. The summed E-state index contributed by atoms with van der Waals surface area (Å²) >= 11 is 11.9. The molecule has 0 aromatic rings. The molecule has 0 aliphatic carbocycles. The number of hydrogen-bond donors (Lipinski definition) is 0. The number of carbonyl (C=O) groups excluding carboxylic acids is 1. The van der Waals surface area contributed by atoms with E-state index in [0.717, 1.165) is 12.8 Å². The first-order valence-electron chi connectivity index (χ1n) is 9.51. The van der Waals surface area contributed by atoms with Gasteiger partial charge in [0, 0.05) is 0 Å². The molecule has 0 aliphatic rings. The number of alkyl halides is 2. The quantitative estimate of drug-likeness (QED) is 0.164. The van der Waals surface area contributed by atoms with Gasteiger partial charge in [-0.1, -0.05) is 114 Å². The van der Waals surface area contributed by atoms with E-state index >= 15 is 0 Å². The SMILES string of the molecule is CCCCCCCCCCCCCCCCC(Cl)(Cl)C(=O)OC. The predicted octanol–water partition coefficient (Wildman–Crippen LogP) is 7.20. The van der Waals surface area contributed by atoms with Gasteiger partial charge in [-0.05, 0) is 12.8 Å². The first-order valence-corrected chi connectivity index (χ1v) is 10.3. The summed E-state index contributed by atoms with van der Waals surface area (Å²) in [6.07, 6.45) is 18.7. The van der Waals surface area contributed by atoms with Gasteiger partial charge in [-0.2, -0.15) is 0 Å². The van der Waals surface area contributed by atoms with Crippen LogP contribution in [0.5, 0.6) is 0 Å². The topological polar surface area (TPSA) is 26.3 Å². The molecule has 23 heavy (non-hydrogen) atoms. The van der Waals surface area contributed by atoms with Gasteiger partial charge in [0.25, 0.3) is 0 Å². The molecule has 138 valence electrons. The van der Waals surface area contributed by atoms with Gasteiger partial charge in [-0.3, -0.25) is 0 Å². The maximum absolute atomic E-state index is 11.3. The minimum Gasteiger partial charge on any atom is -0.467 e. The van der Waals surface area contributed by atoms with Crippen LogP contribution >= 0.6 is 23.2 Å². The first-order chi connectivity index (χ1) is 11.0. The van der Waals surface area contributed by atoms with Gasteiger partial charge in [0.15, 0.2) is 0 Å². The van der Waals surface area contributed by atoms with Crippen LogP contribution in [0, 0.1) is 0 Å². The van der Waals surface area contributed by atoms with Crippen molar-refractivity contribution in [3.63, 3.8) is 0 Å². The third kappa shape index (κ3) is 14.1. The molecule has 0 fully saturated rings. The number of methoxy groups -OCH3 is 1. The first kappa shape index (κ1) is 23.1. The fourth-order valence-electron chi connectivity index (χ4n) is 2.79. The number of rotatable bonds is 16. The second-order valence-electron chi connectivity index (χ2n) is 6.54. The molecular weight excluding hydrogens is 331 g/mol. The van der Waals surface area contributed by atoms with Crippen molar-refractivity contribution in [2.45, 2.75) is 108 Å². The molecule has 0 aliphatic heterocycles. The molecule has 0 radical (unpaired) electrons. The van der Waals surface area contributed by atoms with Gasteiger partial charge in [-0.25, -0.2) is 4.79 Å². The summed E-state index contributed by atoms with van der Waals surface area (Å²) in [5.74, 6) is -0.546. The van der Waals surface area contributed by atoms with Crippen molar-refractivity contribution < 1.29 is 9.53 Å². The molecule has 0 aromatic heterocycles. The van der Waals surface area contributed by atoms with Crippen LogP contribution in [0.25, 0.3) is 0 Å². The molecule has 0 heterocycles. The fourth-order valence-corrected chi connectivity index (χ4v) is 3.21. The Morgan fingerprint density at radius 2 is 1.09 bits per heavy atom. The number of esters is 1. The van der Waals surface area contributed by atoms with E-state index in [4.69, 9.17) is 23.2 Å². The van der Waals surface area contributed by atoms with Crippen LogP contribution in [0.2, 0.25) is 0 Å². The second-order valence-corrected chi connectivity index (χ2v) is 8.03. The van der Waals surface area contributed by atoms with E-state index in [1.807, 2.05) is 0 Å². The molecule has 0 saturated heterocycles. The van der Waals surface area contributed by atoms with Crippen molar-refractivity contribution in [3.05, 3.63) is 0 Å². The maximum Gasteiger partial charge on any atom is 0.342 e. The fraction of sp³-hybridized carbons (Fsp3) is 0.947. The van der Waals surface area contributed by atoms with Crippen molar-refractivity contribution in [1.29, 1.82) is 0 Å². The number of halogens is 2. The highest BCUT2D eigenvalue weighted by Crippen LogP contribution is 2.29. The third-order valence-corrected chi connectivity index (χ3v) is 5.01. The van der Waals surface area contributed by atoms with Crippen molar-refractivity contribution in [2.75, 3.05) is 7.11 Å². The minimum atomic E-state index is -1.37. The number of hydrogen-bond acceptors (Lipinski definition) is 2. The Bertz CT molecular complexity index is 281. The number of ether oxygens (including phenoxy) is 1. The highest BCUT2D eigenvalue weighted by atomic mass is 35.5. The largest absolute Gasteiger partial charge is 0.467 e. The highest BCUT2D eigenvalue weighted by molar-refractivity contribution is 6.57. The number of carbonyl (C=O) groups is 1. The van der Waals surface area contributed by atoms with Crippen LogP contribution in [0.3, 0.4) is 0 Å². The lowest BCUT2D eigenvalue weighted by Gasteiger charge is -2.15. The normalized spacial score (nSPS) is 11.7. The molecule has 0 aromatic carbocycles. The molecule has 0 N–H and O–H groups in total. The molecule has 0 amide bonds. The lowest BCUT2D eigenvalue weighted by Crippen LogP contribution is -2.27. The molecule has 0 atom stereocenters. The molecule has 2 nitrogen and oxygen atoms in total. The number of unbranched alkanes of at least 4 members (excludes halogenated alkanes) is 13. The van der Waals surface area contributed by atoms with Crippen LogP contribution < -0.4 is 0 Å². The van der Waals surface area contributed by atoms with E-state index in [2.05, 4.69) is 11.7 Å². The zero-order chi connectivity index (χ0) is 17.4. The Morgan fingerprint density at radius 3 is 1.43 bits per heavy atom. The summed E-state index contributed by atoms with van der Waals surface area (Å²) in [4.78, 5) is 11.3. The van der Waals surface area contributed by atoms with Gasteiger partial charge >= 0.3 is 5.97 Å². The highest BCUT2D eigenvalue weighted by Gasteiger charge is 2.33. The summed E-state index contributed by atoms with van der Waals surface area (Å²) in [7, 11) is 1.31. The summed E-state index contributed by atoms with van der Waals surface area (Å²) in [6, 6.07) is 0. The minimum absolute atomic E-state index is 0.473. The standard InChI is InChI=1S/C19H36Cl2O2/c1-3-4-5-6-7-8-9-10-11-12-13-14-15-16-17-19(20,21)18(22)23-2/h3-17H2,1-2H3. The van der Waals surface area contributed by atoms with Gasteiger partial charge in [-0.15, -0.1) is 0 Å². The molecule has 0 spiro atoms. The van der Waals surface area contributed by atoms with E-state index in [1.165, 1.54) is 84.2 Å². The van der Waals surface area contributed by atoms with Crippen molar-refractivity contribution >= 4 is 29.2 Å². The van der Waals surface area contributed by atoms with Gasteiger partial charge in [0.05, 0.1) is 7.11 Å². The van der Waals surface area contributed by atoms with Crippen molar-refractivity contribution in [1.82, 2.24) is 0 Å². The van der Waals surface area contributed by atoms with Crippen LogP contribution in [0.15, 0.2) is 0 Å². The zero-order valence-electron chi connectivity index (χ0n) is 15.2. The smallest absolute Gasteiger partial charge is 0.342 e. The molecule has 0 unspecified atom stereocenters. The summed E-state index contributed by atoms with van der Waals surface area (Å²) < 4.78 is 3.21. The van der Waals surface area contributed by atoms with Crippen LogP contribution in [-0.4, -0.2) is 17.4 Å². The Labute approximate surface area is 153 Å². The molecule has 0 rings (SSSR count). The summed E-state index contributed by atoms with van der Waals surface area (Å²) in [5, 5.41) is 0. The summed E-state index contributed by atoms with van der Waals surface area (Å²) in [5.41, 5.74) is 0. The Balaban J connectivity index is 3.24. The average Bonchev–Trinajstić information content (AvgIpc) is 2.54. The molecule has 0 bridgehead atoms. The van der Waals surface area contributed by atoms with E-state index in [0.29, 0.717) is 6.42 Å². The van der Waals surface area contributed by atoms with Gasteiger partial charge < -0.3 is 4.74 Å². The van der Waals surface area contributed by atoms with E-state index in [1.54, 1.807) is 0 Å². The molecule has 0 saturated carbocycles. The van der Waals surface area contributed by atoms with Crippen LogP contribution in [0.1, 0.15) is 103 Å². The van der Waals surface area contributed by atoms with Crippen LogP contribution in [0.4, 0.5) is 0 Å².